The van der Waals surface area contributed by atoms with Crippen molar-refractivity contribution < 1.29 is 8.83 Å². The summed E-state index contributed by atoms with van der Waals surface area (Å²) in [5.41, 5.74) is 11.2. The predicted octanol–water partition coefficient (Wildman–Crippen LogP) is 13.4. The van der Waals surface area contributed by atoms with Crippen molar-refractivity contribution in [3.05, 3.63) is 182 Å². The Morgan fingerprint density at radius 2 is 0.930 bits per heavy atom. The number of hydrogen-bond donors (Lipinski definition) is 0. The van der Waals surface area contributed by atoms with E-state index in [4.69, 9.17) is 23.8 Å². The van der Waals surface area contributed by atoms with Gasteiger partial charge >= 0.3 is 0 Å². The van der Waals surface area contributed by atoms with Gasteiger partial charge in [0.05, 0.1) is 11.0 Å². The molecule has 0 unspecified atom stereocenters. The number of aromatic nitrogens is 4. The second kappa shape index (κ2) is 12.3. The zero-order valence-electron chi connectivity index (χ0n) is 30.4. The summed E-state index contributed by atoms with van der Waals surface area (Å²) in [7, 11) is 0. The molecular formula is C51H30N4O2. The van der Waals surface area contributed by atoms with Crippen molar-refractivity contribution in [1.29, 1.82) is 0 Å². The van der Waals surface area contributed by atoms with Gasteiger partial charge in [0.2, 0.25) is 5.95 Å². The molecule has 57 heavy (non-hydrogen) atoms. The van der Waals surface area contributed by atoms with Crippen LogP contribution < -0.4 is 0 Å². The van der Waals surface area contributed by atoms with Crippen molar-refractivity contribution >= 4 is 65.7 Å². The van der Waals surface area contributed by atoms with Gasteiger partial charge in [0.25, 0.3) is 0 Å². The minimum atomic E-state index is 0.503. The minimum Gasteiger partial charge on any atom is -0.456 e. The third kappa shape index (κ3) is 4.94. The molecule has 0 amide bonds. The van der Waals surface area contributed by atoms with E-state index in [1.54, 1.807) is 0 Å². The number of fused-ring (bicyclic) bond motifs is 9. The summed E-state index contributed by atoms with van der Waals surface area (Å²) < 4.78 is 15.2. The van der Waals surface area contributed by atoms with Crippen molar-refractivity contribution in [1.82, 2.24) is 19.5 Å². The van der Waals surface area contributed by atoms with E-state index in [2.05, 4.69) is 120 Å². The molecule has 0 radical (unpaired) electrons. The molecule has 0 saturated carbocycles. The molecule has 0 N–H and O–H groups in total. The Morgan fingerprint density at radius 1 is 0.351 bits per heavy atom. The average molecular weight is 731 g/mol. The molecule has 266 valence electrons. The second-order valence-electron chi connectivity index (χ2n) is 14.4. The summed E-state index contributed by atoms with van der Waals surface area (Å²) in [5.74, 6) is 1.61. The highest BCUT2D eigenvalue weighted by molar-refractivity contribution is 6.19. The van der Waals surface area contributed by atoms with Crippen LogP contribution in [0.15, 0.2) is 191 Å². The molecule has 12 aromatic rings. The Hall–Kier alpha value is -7.83. The molecule has 8 aromatic carbocycles. The lowest BCUT2D eigenvalue weighted by molar-refractivity contribution is 0.668. The average Bonchev–Trinajstić information content (AvgIpc) is 3.95. The molecular weight excluding hydrogens is 701 g/mol. The quantitative estimate of drug-likeness (QED) is 0.176. The van der Waals surface area contributed by atoms with Gasteiger partial charge in [0, 0.05) is 55.1 Å². The number of rotatable bonds is 5. The Labute approximate surface area is 325 Å². The van der Waals surface area contributed by atoms with Gasteiger partial charge in [-0.05, 0) is 47.0 Å². The van der Waals surface area contributed by atoms with Crippen molar-refractivity contribution in [3.63, 3.8) is 0 Å². The zero-order valence-corrected chi connectivity index (χ0v) is 30.4. The van der Waals surface area contributed by atoms with E-state index < -0.39 is 0 Å². The van der Waals surface area contributed by atoms with Gasteiger partial charge in [0.15, 0.2) is 11.6 Å². The maximum Gasteiger partial charge on any atom is 0.238 e. The van der Waals surface area contributed by atoms with Crippen LogP contribution in [-0.4, -0.2) is 19.5 Å². The molecule has 0 aliphatic rings. The van der Waals surface area contributed by atoms with Crippen LogP contribution >= 0.6 is 0 Å². The minimum absolute atomic E-state index is 0.503. The summed E-state index contributed by atoms with van der Waals surface area (Å²) in [6.07, 6.45) is 0. The maximum absolute atomic E-state index is 6.55. The van der Waals surface area contributed by atoms with Crippen LogP contribution in [-0.2, 0) is 0 Å². The highest BCUT2D eigenvalue weighted by Crippen LogP contribution is 2.43. The molecule has 4 aromatic heterocycles. The maximum atomic E-state index is 6.55. The lowest BCUT2D eigenvalue weighted by Crippen LogP contribution is -2.07. The first kappa shape index (κ1) is 31.5. The van der Waals surface area contributed by atoms with Crippen LogP contribution in [0.2, 0.25) is 0 Å². The van der Waals surface area contributed by atoms with E-state index in [1.807, 2.05) is 66.7 Å². The number of nitrogens with zero attached hydrogens (tertiary/aromatic N) is 4. The molecule has 6 nitrogen and oxygen atoms in total. The lowest BCUT2D eigenvalue weighted by atomic mass is 9.97. The third-order valence-corrected chi connectivity index (χ3v) is 11.0. The lowest BCUT2D eigenvalue weighted by Gasteiger charge is -2.13. The zero-order chi connectivity index (χ0) is 37.5. The SMILES string of the molecule is c1ccc(-c2nc(-c3cc(-c4ccccc4)c4c(c3)oc3ccccc34)nc(-n3c4cc5oc6ccccc6c5cc4c4cccc(-c5ccccc5)c43)n2)cc1. The van der Waals surface area contributed by atoms with E-state index in [9.17, 15) is 0 Å². The molecule has 0 aliphatic heterocycles. The first-order valence-electron chi connectivity index (χ1n) is 19.0. The largest absolute Gasteiger partial charge is 0.456 e. The topological polar surface area (TPSA) is 69.9 Å². The summed E-state index contributed by atoms with van der Waals surface area (Å²) in [6.45, 7) is 0. The van der Waals surface area contributed by atoms with Gasteiger partial charge in [-0.1, -0.05) is 146 Å². The van der Waals surface area contributed by atoms with Crippen LogP contribution in [0.5, 0.6) is 0 Å². The van der Waals surface area contributed by atoms with Crippen molar-refractivity contribution in [2.75, 3.05) is 0 Å². The molecule has 0 aliphatic carbocycles. The van der Waals surface area contributed by atoms with E-state index in [1.165, 1.54) is 0 Å². The molecule has 0 fully saturated rings. The van der Waals surface area contributed by atoms with Gasteiger partial charge in [-0.25, -0.2) is 4.98 Å². The standard InChI is InChI=1S/C51H30N4O2/c1-4-15-31(16-5-1)35-23-14-24-37-40-29-41-36-21-10-12-25-43(36)56-45(41)30-42(40)55(48(35)37)51-53-49(33-19-8-3-9-20-33)52-50(54-51)34-27-39(32-17-6-2-7-18-32)47-38-22-11-13-26-44(38)57-46(47)28-34/h1-30H. The molecule has 6 heteroatoms. The normalized spacial score (nSPS) is 11.9. The van der Waals surface area contributed by atoms with Gasteiger partial charge in [-0.15, -0.1) is 0 Å². The molecule has 0 spiro atoms. The fourth-order valence-corrected chi connectivity index (χ4v) is 8.48. The monoisotopic (exact) mass is 730 g/mol. The van der Waals surface area contributed by atoms with E-state index in [0.29, 0.717) is 17.6 Å². The van der Waals surface area contributed by atoms with Crippen LogP contribution in [0.4, 0.5) is 0 Å². The molecule has 12 rings (SSSR count). The Morgan fingerprint density at radius 3 is 1.67 bits per heavy atom. The van der Waals surface area contributed by atoms with Crippen molar-refractivity contribution in [2.45, 2.75) is 0 Å². The molecule has 0 bridgehead atoms. The second-order valence-corrected chi connectivity index (χ2v) is 14.4. The highest BCUT2D eigenvalue weighted by Gasteiger charge is 2.23. The summed E-state index contributed by atoms with van der Waals surface area (Å²) in [6, 6.07) is 62.6. The molecule has 4 heterocycles. The fourth-order valence-electron chi connectivity index (χ4n) is 8.48. The number of para-hydroxylation sites is 3. The molecule has 0 saturated heterocycles. The number of furan rings is 2. The Kier molecular flexibility index (Phi) is 6.83. The number of hydrogen-bond acceptors (Lipinski definition) is 5. The van der Waals surface area contributed by atoms with Gasteiger partial charge in [0.1, 0.15) is 22.3 Å². The van der Waals surface area contributed by atoms with Crippen LogP contribution in [0.1, 0.15) is 0 Å². The van der Waals surface area contributed by atoms with Crippen LogP contribution in [0.3, 0.4) is 0 Å². The van der Waals surface area contributed by atoms with Gasteiger partial charge < -0.3 is 8.83 Å². The van der Waals surface area contributed by atoms with Crippen molar-refractivity contribution in [3.8, 4) is 51.0 Å². The predicted molar refractivity (Wildman–Crippen MR) is 230 cm³/mol. The Bertz CT molecular complexity index is 3510. The number of benzene rings is 8. The highest BCUT2D eigenvalue weighted by atomic mass is 16.3. The Balaban J connectivity index is 1.20. The summed E-state index contributed by atoms with van der Waals surface area (Å²) >= 11 is 0. The van der Waals surface area contributed by atoms with Gasteiger partial charge in [-0.2, -0.15) is 9.97 Å². The van der Waals surface area contributed by atoms with E-state index >= 15 is 0 Å². The van der Waals surface area contributed by atoms with E-state index in [-0.39, 0.29) is 0 Å². The van der Waals surface area contributed by atoms with Crippen LogP contribution in [0.25, 0.3) is 117 Å². The van der Waals surface area contributed by atoms with Crippen LogP contribution in [0, 0.1) is 0 Å². The fraction of sp³-hybridized carbons (Fsp3) is 0. The smallest absolute Gasteiger partial charge is 0.238 e. The molecule has 0 atom stereocenters. The summed E-state index contributed by atoms with van der Waals surface area (Å²) in [4.78, 5) is 15.9. The van der Waals surface area contributed by atoms with E-state index in [0.717, 1.165) is 99.1 Å². The third-order valence-electron chi connectivity index (χ3n) is 11.0. The van der Waals surface area contributed by atoms with Gasteiger partial charge in [-0.3, -0.25) is 4.57 Å². The summed E-state index contributed by atoms with van der Waals surface area (Å²) in [5, 5.41) is 6.45. The first-order valence-corrected chi connectivity index (χ1v) is 19.0. The van der Waals surface area contributed by atoms with Crippen molar-refractivity contribution in [2.24, 2.45) is 0 Å². The first-order chi connectivity index (χ1) is 28.2.